The average molecular weight is 377 g/mol. The fraction of sp³-hybridized carbons (Fsp3) is 0.667. The zero-order valence-corrected chi connectivity index (χ0v) is 16.7. The van der Waals surface area contributed by atoms with Crippen molar-refractivity contribution in [1.82, 2.24) is 0 Å². The molecule has 3 heteroatoms. The first-order valence-corrected chi connectivity index (χ1v) is 10.9. The summed E-state index contributed by atoms with van der Waals surface area (Å²) in [6.07, 6.45) is 13.4. The fourth-order valence-corrected chi connectivity index (χ4v) is 5.20. The van der Waals surface area contributed by atoms with Crippen LogP contribution in [-0.4, -0.2) is 6.61 Å². The van der Waals surface area contributed by atoms with Crippen LogP contribution in [0.25, 0.3) is 0 Å². The molecule has 3 rings (SSSR count). The lowest BCUT2D eigenvalue weighted by molar-refractivity contribution is 0.158. The van der Waals surface area contributed by atoms with E-state index in [0.717, 1.165) is 43.4 Å². The molecule has 2 saturated carbocycles. The third-order valence-corrected chi connectivity index (χ3v) is 7.00. The van der Waals surface area contributed by atoms with E-state index in [1.165, 1.54) is 32.1 Å². The highest BCUT2D eigenvalue weighted by atomic mass is 19.2. The number of ether oxygens (including phenoxy) is 1. The fourth-order valence-electron chi connectivity index (χ4n) is 5.20. The number of benzene rings is 1. The molecule has 1 nitrogen and oxygen atoms in total. The third kappa shape index (κ3) is 4.92. The van der Waals surface area contributed by atoms with Crippen LogP contribution in [0.2, 0.25) is 0 Å². The van der Waals surface area contributed by atoms with E-state index in [-0.39, 0.29) is 11.7 Å². The summed E-state index contributed by atoms with van der Waals surface area (Å²) in [5, 5.41) is 0. The van der Waals surface area contributed by atoms with Crippen LogP contribution >= 0.6 is 0 Å². The highest BCUT2D eigenvalue weighted by Crippen LogP contribution is 2.45. The van der Waals surface area contributed by atoms with Crippen molar-refractivity contribution in [3.63, 3.8) is 0 Å². The zero-order chi connectivity index (χ0) is 19.2. The lowest BCUT2D eigenvalue weighted by Crippen LogP contribution is -2.25. The van der Waals surface area contributed by atoms with Gasteiger partial charge in [-0.25, -0.2) is 4.39 Å². The Bertz CT molecular complexity index is 611. The average Bonchev–Trinajstić information content (AvgIpc) is 2.72. The van der Waals surface area contributed by atoms with Crippen molar-refractivity contribution >= 4 is 0 Å². The van der Waals surface area contributed by atoms with Crippen LogP contribution in [0.3, 0.4) is 0 Å². The molecule has 150 valence electrons. The van der Waals surface area contributed by atoms with Gasteiger partial charge in [0.1, 0.15) is 0 Å². The molecule has 0 atom stereocenters. The molecule has 2 aliphatic rings. The van der Waals surface area contributed by atoms with Crippen molar-refractivity contribution in [2.24, 2.45) is 17.8 Å². The Labute approximate surface area is 163 Å². The van der Waals surface area contributed by atoms with Gasteiger partial charge in [0.05, 0.1) is 6.61 Å². The largest absolute Gasteiger partial charge is 0.490 e. The molecule has 0 heterocycles. The highest BCUT2D eigenvalue weighted by Gasteiger charge is 2.32. The van der Waals surface area contributed by atoms with E-state index in [4.69, 9.17) is 4.74 Å². The molecule has 0 aliphatic heterocycles. The summed E-state index contributed by atoms with van der Waals surface area (Å²) in [6.45, 7) is 6.24. The molecule has 27 heavy (non-hydrogen) atoms. The Morgan fingerprint density at radius 1 is 0.963 bits per heavy atom. The monoisotopic (exact) mass is 376 g/mol. The number of hydrogen-bond donors (Lipinski definition) is 0. The first-order valence-electron chi connectivity index (χ1n) is 10.9. The summed E-state index contributed by atoms with van der Waals surface area (Å²) < 4.78 is 34.3. The summed E-state index contributed by atoms with van der Waals surface area (Å²) in [6, 6.07) is 3.33. The lowest BCUT2D eigenvalue weighted by atomic mass is 9.68. The molecule has 0 unspecified atom stereocenters. The maximum atomic E-state index is 14.6. The first-order chi connectivity index (χ1) is 13.1. The van der Waals surface area contributed by atoms with Crippen molar-refractivity contribution in [1.29, 1.82) is 0 Å². The number of rotatable bonds is 7. The van der Waals surface area contributed by atoms with Crippen LogP contribution in [0.5, 0.6) is 5.75 Å². The molecule has 0 amide bonds. The third-order valence-electron chi connectivity index (χ3n) is 7.00. The smallest absolute Gasteiger partial charge is 0.200 e. The minimum Gasteiger partial charge on any atom is -0.490 e. The van der Waals surface area contributed by atoms with Crippen molar-refractivity contribution < 1.29 is 13.5 Å². The van der Waals surface area contributed by atoms with Gasteiger partial charge in [-0.15, -0.1) is 6.58 Å². The summed E-state index contributed by atoms with van der Waals surface area (Å²) in [7, 11) is 0. The van der Waals surface area contributed by atoms with Gasteiger partial charge in [0.2, 0.25) is 5.82 Å². The molecule has 2 fully saturated rings. The normalized spacial score (nSPS) is 28.7. The molecule has 0 bridgehead atoms. The van der Waals surface area contributed by atoms with E-state index in [0.29, 0.717) is 18.6 Å². The molecular weight excluding hydrogens is 342 g/mol. The Balaban J connectivity index is 1.56. The summed E-state index contributed by atoms with van der Waals surface area (Å²) in [4.78, 5) is 0. The Morgan fingerprint density at radius 2 is 1.59 bits per heavy atom. The summed E-state index contributed by atoms with van der Waals surface area (Å²) >= 11 is 0. The molecule has 0 saturated heterocycles. The summed E-state index contributed by atoms with van der Waals surface area (Å²) in [5.41, 5.74) is 0.539. The van der Waals surface area contributed by atoms with Crippen molar-refractivity contribution in [2.45, 2.75) is 77.0 Å². The molecule has 2 aliphatic carbocycles. The van der Waals surface area contributed by atoms with Crippen LogP contribution in [0.4, 0.5) is 8.78 Å². The Kier molecular flexibility index (Phi) is 7.32. The van der Waals surface area contributed by atoms with E-state index in [1.807, 2.05) is 0 Å². The predicted octanol–water partition coefficient (Wildman–Crippen LogP) is 7.41. The van der Waals surface area contributed by atoms with Crippen LogP contribution in [0.1, 0.15) is 82.6 Å². The molecule has 1 aromatic rings. The van der Waals surface area contributed by atoms with Crippen LogP contribution in [0.15, 0.2) is 24.8 Å². The second-order valence-corrected chi connectivity index (χ2v) is 8.51. The van der Waals surface area contributed by atoms with Crippen LogP contribution < -0.4 is 4.74 Å². The SMILES string of the molecule is C=CCCOc1ccc(C2CCC(C3CCC(CC)CC3)CC2)c(F)c1F. The highest BCUT2D eigenvalue weighted by molar-refractivity contribution is 5.33. The van der Waals surface area contributed by atoms with E-state index < -0.39 is 11.6 Å². The van der Waals surface area contributed by atoms with Gasteiger partial charge in [0.15, 0.2) is 11.6 Å². The van der Waals surface area contributed by atoms with Crippen LogP contribution in [-0.2, 0) is 0 Å². The van der Waals surface area contributed by atoms with E-state index >= 15 is 0 Å². The van der Waals surface area contributed by atoms with E-state index in [1.54, 1.807) is 18.2 Å². The molecule has 1 aromatic carbocycles. The van der Waals surface area contributed by atoms with Gasteiger partial charge in [-0.1, -0.05) is 38.3 Å². The standard InChI is InChI=1S/C24H34F2O/c1-3-5-16-27-22-15-14-21(23(25)24(22)26)20-12-10-19(11-13-20)18-8-6-17(4-2)7-9-18/h3,14-15,17-20H,1,4-13,16H2,2H3. The quantitative estimate of drug-likeness (QED) is 0.355. The molecule has 0 spiro atoms. The lowest BCUT2D eigenvalue weighted by Gasteiger charge is -2.38. The second kappa shape index (κ2) is 9.71. The van der Waals surface area contributed by atoms with Crippen molar-refractivity contribution in [3.8, 4) is 5.75 Å². The van der Waals surface area contributed by atoms with Crippen LogP contribution in [0, 0.1) is 29.4 Å². The first kappa shape index (κ1) is 20.4. The Morgan fingerprint density at radius 3 is 2.19 bits per heavy atom. The predicted molar refractivity (Wildman–Crippen MR) is 107 cm³/mol. The van der Waals surface area contributed by atoms with Gasteiger partial charge >= 0.3 is 0 Å². The van der Waals surface area contributed by atoms with Crippen molar-refractivity contribution in [3.05, 3.63) is 42.0 Å². The van der Waals surface area contributed by atoms with Gasteiger partial charge < -0.3 is 4.74 Å². The topological polar surface area (TPSA) is 9.23 Å². The van der Waals surface area contributed by atoms with E-state index in [9.17, 15) is 8.78 Å². The van der Waals surface area contributed by atoms with Gasteiger partial charge in [0, 0.05) is 0 Å². The maximum absolute atomic E-state index is 14.6. The second-order valence-electron chi connectivity index (χ2n) is 8.51. The minimum atomic E-state index is -0.837. The van der Waals surface area contributed by atoms with Gasteiger partial charge in [-0.3, -0.25) is 0 Å². The molecule has 0 radical (unpaired) electrons. The van der Waals surface area contributed by atoms with Gasteiger partial charge in [-0.05, 0) is 80.2 Å². The molecule has 0 N–H and O–H groups in total. The van der Waals surface area contributed by atoms with Gasteiger partial charge in [0.25, 0.3) is 0 Å². The van der Waals surface area contributed by atoms with Crippen molar-refractivity contribution in [2.75, 3.05) is 6.61 Å². The van der Waals surface area contributed by atoms with E-state index in [2.05, 4.69) is 13.5 Å². The maximum Gasteiger partial charge on any atom is 0.200 e. The number of halogens is 2. The minimum absolute atomic E-state index is 0.0134. The zero-order valence-electron chi connectivity index (χ0n) is 16.7. The van der Waals surface area contributed by atoms with Gasteiger partial charge in [-0.2, -0.15) is 4.39 Å². The number of hydrogen-bond acceptors (Lipinski definition) is 1. The molecular formula is C24H34F2O. The Hall–Kier alpha value is -1.38. The molecule has 0 aromatic heterocycles. The summed E-state index contributed by atoms with van der Waals surface area (Å²) in [5.74, 6) is 1.19.